The lowest BCUT2D eigenvalue weighted by molar-refractivity contribution is 0.431. The zero-order valence-electron chi connectivity index (χ0n) is 9.33. The minimum absolute atomic E-state index is 0.0439. The molecule has 1 aromatic carbocycles. The second kappa shape index (κ2) is 4.30. The molecule has 0 fully saturated rings. The Kier molecular flexibility index (Phi) is 2.50. The summed E-state index contributed by atoms with van der Waals surface area (Å²) in [5, 5.41) is 18.9. The Morgan fingerprint density at radius 1 is 1.37 bits per heavy atom. The predicted molar refractivity (Wildman–Crippen MR) is 59.8 cm³/mol. The SMILES string of the molecule is N#Cc1c(F)cccc1-c1nc(-c2ncn[nH]2)no1. The van der Waals surface area contributed by atoms with E-state index in [9.17, 15) is 4.39 Å². The zero-order chi connectivity index (χ0) is 13.2. The third-order valence-corrected chi connectivity index (χ3v) is 2.41. The summed E-state index contributed by atoms with van der Waals surface area (Å²) in [4.78, 5) is 7.91. The van der Waals surface area contributed by atoms with Crippen molar-refractivity contribution in [2.24, 2.45) is 0 Å². The molecule has 0 radical (unpaired) electrons. The van der Waals surface area contributed by atoms with Gasteiger partial charge in [0.1, 0.15) is 23.8 Å². The molecule has 0 saturated heterocycles. The van der Waals surface area contributed by atoms with Crippen molar-refractivity contribution in [3.05, 3.63) is 35.9 Å². The molecular formula is C11H5FN6O. The van der Waals surface area contributed by atoms with Gasteiger partial charge in [-0.05, 0) is 12.1 Å². The summed E-state index contributed by atoms with van der Waals surface area (Å²) >= 11 is 0. The summed E-state index contributed by atoms with van der Waals surface area (Å²) in [6, 6.07) is 5.95. The molecule has 3 rings (SSSR count). The molecule has 0 aliphatic carbocycles. The summed E-state index contributed by atoms with van der Waals surface area (Å²) in [5.74, 6) is -0.0903. The lowest BCUT2D eigenvalue weighted by Crippen LogP contribution is -1.89. The molecule has 0 unspecified atom stereocenters. The molecular weight excluding hydrogens is 251 g/mol. The number of nitriles is 1. The quantitative estimate of drug-likeness (QED) is 0.745. The minimum atomic E-state index is -0.639. The van der Waals surface area contributed by atoms with Crippen LogP contribution in [0, 0.1) is 17.1 Å². The molecule has 92 valence electrons. The van der Waals surface area contributed by atoms with E-state index >= 15 is 0 Å². The van der Waals surface area contributed by atoms with Crippen molar-refractivity contribution < 1.29 is 8.91 Å². The van der Waals surface area contributed by atoms with Crippen molar-refractivity contribution >= 4 is 0 Å². The van der Waals surface area contributed by atoms with Gasteiger partial charge in [-0.3, -0.25) is 5.10 Å². The molecule has 3 aromatic rings. The predicted octanol–water partition coefficient (Wildman–Crippen LogP) is 1.53. The Morgan fingerprint density at radius 3 is 3.00 bits per heavy atom. The number of halogens is 1. The van der Waals surface area contributed by atoms with E-state index in [0.29, 0.717) is 5.82 Å². The standard InChI is InChI=1S/C11H5FN6O/c12-8-3-1-2-6(7(8)4-13)11-16-10(18-19-11)9-14-5-15-17-9/h1-3,5H,(H,14,15,17). The lowest BCUT2D eigenvalue weighted by Gasteiger charge is -1.98. The van der Waals surface area contributed by atoms with Crippen LogP contribution < -0.4 is 0 Å². The van der Waals surface area contributed by atoms with Crippen molar-refractivity contribution in [3.8, 4) is 29.2 Å². The largest absolute Gasteiger partial charge is 0.333 e. The maximum atomic E-state index is 13.5. The van der Waals surface area contributed by atoms with E-state index in [0.717, 1.165) is 0 Å². The third kappa shape index (κ3) is 1.83. The molecule has 7 nitrogen and oxygen atoms in total. The van der Waals surface area contributed by atoms with E-state index in [1.165, 1.54) is 24.5 Å². The van der Waals surface area contributed by atoms with Crippen molar-refractivity contribution in [1.29, 1.82) is 5.26 Å². The fourth-order valence-corrected chi connectivity index (χ4v) is 1.56. The van der Waals surface area contributed by atoms with E-state index in [-0.39, 0.29) is 22.8 Å². The number of benzene rings is 1. The molecule has 1 N–H and O–H groups in total. The average Bonchev–Trinajstić information content (AvgIpc) is 3.09. The van der Waals surface area contributed by atoms with Gasteiger partial charge in [0.25, 0.3) is 5.89 Å². The average molecular weight is 256 g/mol. The number of aromatic nitrogens is 5. The van der Waals surface area contributed by atoms with Gasteiger partial charge < -0.3 is 4.52 Å². The fraction of sp³-hybridized carbons (Fsp3) is 0. The molecule has 0 atom stereocenters. The molecule has 0 amide bonds. The van der Waals surface area contributed by atoms with Crippen molar-refractivity contribution in [2.75, 3.05) is 0 Å². The van der Waals surface area contributed by atoms with Gasteiger partial charge in [0.2, 0.25) is 5.82 Å². The first kappa shape index (κ1) is 11.0. The number of aromatic amines is 1. The first-order valence-electron chi connectivity index (χ1n) is 5.18. The molecule has 19 heavy (non-hydrogen) atoms. The molecule has 0 aliphatic rings. The van der Waals surface area contributed by atoms with Gasteiger partial charge in [-0.15, -0.1) is 0 Å². The molecule has 0 aliphatic heterocycles. The smallest absolute Gasteiger partial charge is 0.259 e. The first-order valence-corrected chi connectivity index (χ1v) is 5.18. The first-order chi connectivity index (χ1) is 9.29. The summed E-state index contributed by atoms with van der Waals surface area (Å²) < 4.78 is 18.5. The third-order valence-electron chi connectivity index (χ3n) is 2.41. The molecule has 0 saturated carbocycles. The van der Waals surface area contributed by atoms with Crippen LogP contribution in [0.1, 0.15) is 5.56 Å². The van der Waals surface area contributed by atoms with E-state index in [4.69, 9.17) is 9.78 Å². The van der Waals surface area contributed by atoms with Gasteiger partial charge in [0, 0.05) is 0 Å². The number of nitrogens with one attached hydrogen (secondary N) is 1. The van der Waals surface area contributed by atoms with Gasteiger partial charge in [0.05, 0.1) is 5.56 Å². The van der Waals surface area contributed by atoms with Crippen LogP contribution in [-0.2, 0) is 0 Å². The zero-order valence-corrected chi connectivity index (χ0v) is 9.33. The van der Waals surface area contributed by atoms with Gasteiger partial charge in [0.15, 0.2) is 5.82 Å². The summed E-state index contributed by atoms with van der Waals surface area (Å²) in [7, 11) is 0. The van der Waals surface area contributed by atoms with Crippen LogP contribution in [0.5, 0.6) is 0 Å². The van der Waals surface area contributed by atoms with Crippen LogP contribution in [-0.4, -0.2) is 25.3 Å². The van der Waals surface area contributed by atoms with Crippen LogP contribution in [0.4, 0.5) is 4.39 Å². The Bertz CT molecular complexity index is 758. The molecule has 0 spiro atoms. The number of nitrogens with zero attached hydrogens (tertiary/aromatic N) is 5. The maximum absolute atomic E-state index is 13.5. The highest BCUT2D eigenvalue weighted by atomic mass is 19.1. The fourth-order valence-electron chi connectivity index (χ4n) is 1.56. The van der Waals surface area contributed by atoms with Crippen LogP contribution in [0.15, 0.2) is 29.0 Å². The van der Waals surface area contributed by atoms with E-state index < -0.39 is 5.82 Å². The second-order valence-corrected chi connectivity index (χ2v) is 3.53. The molecule has 2 aromatic heterocycles. The van der Waals surface area contributed by atoms with Crippen molar-refractivity contribution in [2.45, 2.75) is 0 Å². The lowest BCUT2D eigenvalue weighted by atomic mass is 10.1. The van der Waals surface area contributed by atoms with Crippen LogP contribution in [0.25, 0.3) is 23.1 Å². The topological polar surface area (TPSA) is 104 Å². The van der Waals surface area contributed by atoms with Crippen LogP contribution >= 0.6 is 0 Å². The maximum Gasteiger partial charge on any atom is 0.259 e. The molecule has 0 bridgehead atoms. The highest BCUT2D eigenvalue weighted by Crippen LogP contribution is 2.25. The van der Waals surface area contributed by atoms with Gasteiger partial charge in [-0.2, -0.15) is 15.3 Å². The van der Waals surface area contributed by atoms with Gasteiger partial charge in [-0.25, -0.2) is 9.37 Å². The van der Waals surface area contributed by atoms with Crippen LogP contribution in [0.3, 0.4) is 0 Å². The monoisotopic (exact) mass is 256 g/mol. The Labute approximate surface area is 105 Å². The number of hydrogen-bond acceptors (Lipinski definition) is 6. The molecule has 2 heterocycles. The highest BCUT2D eigenvalue weighted by molar-refractivity contribution is 5.64. The Hall–Kier alpha value is -3.08. The summed E-state index contributed by atoms with van der Waals surface area (Å²) in [6.45, 7) is 0. The van der Waals surface area contributed by atoms with Crippen molar-refractivity contribution in [1.82, 2.24) is 25.3 Å². The normalized spacial score (nSPS) is 10.3. The van der Waals surface area contributed by atoms with E-state index in [2.05, 4.69) is 25.3 Å². The van der Waals surface area contributed by atoms with Crippen LogP contribution in [0.2, 0.25) is 0 Å². The minimum Gasteiger partial charge on any atom is -0.333 e. The Morgan fingerprint density at radius 2 is 2.26 bits per heavy atom. The Balaban J connectivity index is 2.10. The summed E-state index contributed by atoms with van der Waals surface area (Å²) in [5.41, 5.74) is 0.0936. The van der Waals surface area contributed by atoms with E-state index in [1.807, 2.05) is 0 Å². The summed E-state index contributed by atoms with van der Waals surface area (Å²) in [6.07, 6.45) is 1.30. The van der Waals surface area contributed by atoms with Gasteiger partial charge in [-0.1, -0.05) is 11.2 Å². The second-order valence-electron chi connectivity index (χ2n) is 3.53. The number of H-pyrrole nitrogens is 1. The number of hydrogen-bond donors (Lipinski definition) is 1. The van der Waals surface area contributed by atoms with Crippen molar-refractivity contribution in [3.63, 3.8) is 0 Å². The molecule has 8 heteroatoms. The van der Waals surface area contributed by atoms with Gasteiger partial charge >= 0.3 is 0 Å². The van der Waals surface area contributed by atoms with E-state index in [1.54, 1.807) is 6.07 Å². The highest BCUT2D eigenvalue weighted by Gasteiger charge is 2.17. The number of rotatable bonds is 2.